The Morgan fingerprint density at radius 2 is 2.07 bits per heavy atom. The number of rotatable bonds is 4. The highest BCUT2D eigenvalue weighted by Gasteiger charge is 2.30. The van der Waals surface area contributed by atoms with Crippen LogP contribution in [0.15, 0.2) is 0 Å². The second kappa shape index (κ2) is 5.27. The Labute approximate surface area is 92.2 Å². The molecule has 1 saturated carbocycles. The Morgan fingerprint density at radius 1 is 1.40 bits per heavy atom. The molecular formula is C10H21NO3S. The number of hydrogen-bond acceptors (Lipinski definition) is 4. The average Bonchev–Trinajstić information content (AvgIpc) is 2.17. The van der Waals surface area contributed by atoms with Gasteiger partial charge >= 0.3 is 0 Å². The summed E-state index contributed by atoms with van der Waals surface area (Å²) >= 11 is 0. The molecule has 1 N–H and O–H groups in total. The molecular weight excluding hydrogens is 214 g/mol. The SMILES string of the molecule is CN(CCO)C1CCCC(S(C)(=O)=O)C1. The van der Waals surface area contributed by atoms with Crippen molar-refractivity contribution in [2.45, 2.75) is 37.0 Å². The molecule has 0 radical (unpaired) electrons. The third-order valence-electron chi connectivity index (χ3n) is 3.28. The van der Waals surface area contributed by atoms with Gasteiger partial charge in [0.25, 0.3) is 0 Å². The van der Waals surface area contributed by atoms with Gasteiger partial charge in [0, 0.05) is 18.8 Å². The van der Waals surface area contributed by atoms with Crippen molar-refractivity contribution in [3.05, 3.63) is 0 Å². The summed E-state index contributed by atoms with van der Waals surface area (Å²) in [5.74, 6) is 0. The zero-order chi connectivity index (χ0) is 11.5. The van der Waals surface area contributed by atoms with E-state index in [9.17, 15) is 8.42 Å². The van der Waals surface area contributed by atoms with E-state index in [2.05, 4.69) is 4.90 Å². The van der Waals surface area contributed by atoms with Crippen LogP contribution in [0.25, 0.3) is 0 Å². The fourth-order valence-corrected chi connectivity index (χ4v) is 3.42. The van der Waals surface area contributed by atoms with Gasteiger partial charge in [-0.2, -0.15) is 0 Å². The van der Waals surface area contributed by atoms with Crippen molar-refractivity contribution in [3.63, 3.8) is 0 Å². The zero-order valence-corrected chi connectivity index (χ0v) is 10.3. The number of hydrogen-bond donors (Lipinski definition) is 1. The third kappa shape index (κ3) is 3.74. The minimum absolute atomic E-state index is 0.135. The summed E-state index contributed by atoms with van der Waals surface area (Å²) < 4.78 is 22.9. The Bertz CT molecular complexity index is 289. The van der Waals surface area contributed by atoms with Crippen molar-refractivity contribution in [2.75, 3.05) is 26.5 Å². The van der Waals surface area contributed by atoms with E-state index in [-0.39, 0.29) is 11.9 Å². The molecule has 4 nitrogen and oxygen atoms in total. The summed E-state index contributed by atoms with van der Waals surface area (Å²) in [4.78, 5) is 2.07. The predicted molar refractivity (Wildman–Crippen MR) is 60.6 cm³/mol. The first kappa shape index (κ1) is 12.9. The third-order valence-corrected chi connectivity index (χ3v) is 4.92. The van der Waals surface area contributed by atoms with E-state index in [1.807, 2.05) is 7.05 Å². The molecule has 0 aromatic carbocycles. The van der Waals surface area contributed by atoms with E-state index < -0.39 is 9.84 Å². The summed E-state index contributed by atoms with van der Waals surface area (Å²) in [6.45, 7) is 0.762. The molecule has 0 aromatic heterocycles. The smallest absolute Gasteiger partial charge is 0.150 e. The van der Waals surface area contributed by atoms with Crippen LogP contribution in [0.2, 0.25) is 0 Å². The monoisotopic (exact) mass is 235 g/mol. The van der Waals surface area contributed by atoms with Gasteiger partial charge in [0.05, 0.1) is 11.9 Å². The molecule has 2 atom stereocenters. The van der Waals surface area contributed by atoms with Crippen LogP contribution in [0, 0.1) is 0 Å². The molecule has 0 amide bonds. The molecule has 0 saturated heterocycles. The Kier molecular flexibility index (Phi) is 4.55. The molecule has 1 aliphatic rings. The van der Waals surface area contributed by atoms with Crippen molar-refractivity contribution in [3.8, 4) is 0 Å². The maximum absolute atomic E-state index is 11.4. The van der Waals surface area contributed by atoms with E-state index >= 15 is 0 Å². The Hall–Kier alpha value is -0.130. The molecule has 2 unspecified atom stereocenters. The molecule has 0 aliphatic heterocycles. The van der Waals surface area contributed by atoms with Crippen molar-refractivity contribution >= 4 is 9.84 Å². The van der Waals surface area contributed by atoms with Gasteiger partial charge < -0.3 is 10.0 Å². The van der Waals surface area contributed by atoms with Crippen LogP contribution < -0.4 is 0 Å². The number of sulfone groups is 1. The van der Waals surface area contributed by atoms with Gasteiger partial charge in [-0.15, -0.1) is 0 Å². The molecule has 0 aromatic rings. The lowest BCUT2D eigenvalue weighted by atomic mass is 9.94. The summed E-state index contributed by atoms with van der Waals surface area (Å²) in [6.07, 6.45) is 4.85. The maximum atomic E-state index is 11.4. The second-order valence-corrected chi connectivity index (χ2v) is 6.80. The van der Waals surface area contributed by atoms with Gasteiger partial charge in [-0.3, -0.25) is 0 Å². The van der Waals surface area contributed by atoms with E-state index in [1.54, 1.807) is 0 Å². The van der Waals surface area contributed by atoms with Crippen LogP contribution in [-0.2, 0) is 9.84 Å². The first-order valence-corrected chi connectivity index (χ1v) is 7.40. The van der Waals surface area contributed by atoms with Crippen LogP contribution in [0.1, 0.15) is 25.7 Å². The van der Waals surface area contributed by atoms with Crippen LogP contribution in [0.4, 0.5) is 0 Å². The number of nitrogens with zero attached hydrogens (tertiary/aromatic N) is 1. The minimum Gasteiger partial charge on any atom is -0.395 e. The molecule has 1 rings (SSSR count). The number of aliphatic hydroxyl groups excluding tert-OH is 1. The first-order chi connectivity index (χ1) is 6.95. The highest BCUT2D eigenvalue weighted by Crippen LogP contribution is 2.26. The summed E-state index contributed by atoms with van der Waals surface area (Å²) in [5, 5.41) is 8.65. The van der Waals surface area contributed by atoms with Crippen molar-refractivity contribution in [1.82, 2.24) is 4.90 Å². The molecule has 0 spiro atoms. The van der Waals surface area contributed by atoms with Gasteiger partial charge in [-0.05, 0) is 26.3 Å². The Morgan fingerprint density at radius 3 is 2.60 bits per heavy atom. The zero-order valence-electron chi connectivity index (χ0n) is 9.52. The highest BCUT2D eigenvalue weighted by molar-refractivity contribution is 7.91. The molecule has 0 bridgehead atoms. The van der Waals surface area contributed by atoms with E-state index in [1.165, 1.54) is 6.26 Å². The largest absolute Gasteiger partial charge is 0.395 e. The molecule has 1 fully saturated rings. The standard InChI is InChI=1S/C10H21NO3S/c1-11(6-7-12)9-4-3-5-10(8-9)15(2,13)14/h9-10,12H,3-8H2,1-2H3. The topological polar surface area (TPSA) is 57.6 Å². The molecule has 15 heavy (non-hydrogen) atoms. The van der Waals surface area contributed by atoms with Crippen LogP contribution in [0.5, 0.6) is 0 Å². The van der Waals surface area contributed by atoms with Crippen LogP contribution in [-0.4, -0.2) is 56.2 Å². The fraction of sp³-hybridized carbons (Fsp3) is 1.00. The second-order valence-electron chi connectivity index (χ2n) is 4.48. The van der Waals surface area contributed by atoms with E-state index in [4.69, 9.17) is 5.11 Å². The highest BCUT2D eigenvalue weighted by atomic mass is 32.2. The average molecular weight is 235 g/mol. The van der Waals surface area contributed by atoms with Gasteiger partial charge in [0.15, 0.2) is 0 Å². The quantitative estimate of drug-likeness (QED) is 0.760. The summed E-state index contributed by atoms with van der Waals surface area (Å²) in [7, 11) is -0.946. The number of aliphatic hydroxyl groups is 1. The van der Waals surface area contributed by atoms with Crippen LogP contribution >= 0.6 is 0 Å². The summed E-state index contributed by atoms with van der Waals surface area (Å²) in [5.41, 5.74) is 0. The molecule has 5 heteroatoms. The molecule has 90 valence electrons. The van der Waals surface area contributed by atoms with Crippen molar-refractivity contribution < 1.29 is 13.5 Å². The van der Waals surface area contributed by atoms with Gasteiger partial charge in [0.2, 0.25) is 0 Å². The lowest BCUT2D eigenvalue weighted by Crippen LogP contribution is -2.41. The number of likely N-dealkylation sites (N-methyl/N-ethyl adjacent to an activating group) is 1. The normalized spacial score (nSPS) is 28.3. The van der Waals surface area contributed by atoms with Crippen molar-refractivity contribution in [2.24, 2.45) is 0 Å². The van der Waals surface area contributed by atoms with Crippen LogP contribution in [0.3, 0.4) is 0 Å². The Balaban J connectivity index is 2.56. The lowest BCUT2D eigenvalue weighted by Gasteiger charge is -2.34. The van der Waals surface area contributed by atoms with E-state index in [0.717, 1.165) is 25.7 Å². The first-order valence-electron chi connectivity index (χ1n) is 5.45. The van der Waals surface area contributed by atoms with E-state index in [0.29, 0.717) is 12.6 Å². The summed E-state index contributed by atoms with van der Waals surface area (Å²) in [6, 6.07) is 0.311. The lowest BCUT2D eigenvalue weighted by molar-refractivity contribution is 0.153. The van der Waals surface area contributed by atoms with Gasteiger partial charge in [-0.1, -0.05) is 6.42 Å². The predicted octanol–water partition coefficient (Wildman–Crippen LogP) is 0.266. The minimum atomic E-state index is -2.90. The fourth-order valence-electron chi connectivity index (χ4n) is 2.25. The molecule has 0 heterocycles. The maximum Gasteiger partial charge on any atom is 0.150 e. The molecule has 1 aliphatic carbocycles. The van der Waals surface area contributed by atoms with Gasteiger partial charge in [-0.25, -0.2) is 8.42 Å². The van der Waals surface area contributed by atoms with Gasteiger partial charge in [0.1, 0.15) is 9.84 Å². The van der Waals surface area contributed by atoms with Crippen molar-refractivity contribution in [1.29, 1.82) is 0 Å².